The minimum Gasteiger partial charge on any atom is -0.473 e. The fraction of sp³-hybridized carbons (Fsp3) is 0.174. The van der Waals surface area contributed by atoms with Crippen molar-refractivity contribution in [3.63, 3.8) is 0 Å². The molecule has 0 spiro atoms. The third kappa shape index (κ3) is 5.04. The quantitative estimate of drug-likeness (QED) is 0.554. The molecule has 3 rings (SSSR count). The summed E-state index contributed by atoms with van der Waals surface area (Å²) < 4.78 is 11.5. The summed E-state index contributed by atoms with van der Waals surface area (Å²) in [6.45, 7) is 6.12. The predicted octanol–water partition coefficient (Wildman–Crippen LogP) is 5.56. The van der Waals surface area contributed by atoms with Gasteiger partial charge in [0.05, 0.1) is 0 Å². The Hall–Kier alpha value is -3.47. The molecule has 3 aromatic rings. The highest BCUT2D eigenvalue weighted by molar-refractivity contribution is 5.89. The van der Waals surface area contributed by atoms with Gasteiger partial charge in [0.25, 0.3) is 0 Å². The molecule has 0 aliphatic heterocycles. The van der Waals surface area contributed by atoms with E-state index in [1.807, 2.05) is 57.2 Å². The van der Waals surface area contributed by atoms with Gasteiger partial charge in [0.15, 0.2) is 6.73 Å². The van der Waals surface area contributed by atoms with Crippen molar-refractivity contribution in [2.75, 3.05) is 12.0 Å². The van der Waals surface area contributed by atoms with E-state index >= 15 is 0 Å². The Balaban J connectivity index is 1.49. The fourth-order valence-electron chi connectivity index (χ4n) is 2.73. The Morgan fingerprint density at radius 2 is 1.46 bits per heavy atom. The molecule has 0 aromatic heterocycles. The number of urea groups is 1. The third-order valence-electron chi connectivity index (χ3n) is 4.41. The van der Waals surface area contributed by atoms with E-state index in [4.69, 9.17) is 9.47 Å². The summed E-state index contributed by atoms with van der Waals surface area (Å²) in [5, 5.41) is 5.48. The number of aryl methyl sites for hydroxylation is 2. The van der Waals surface area contributed by atoms with Crippen LogP contribution in [0.4, 0.5) is 10.5 Å². The van der Waals surface area contributed by atoms with E-state index in [0.717, 1.165) is 28.2 Å². The fourth-order valence-corrected chi connectivity index (χ4v) is 2.73. The van der Waals surface area contributed by atoms with E-state index in [2.05, 4.69) is 16.7 Å². The van der Waals surface area contributed by atoms with E-state index in [-0.39, 0.29) is 12.8 Å². The monoisotopic (exact) mass is 376 g/mol. The number of carbonyl (C=O) groups excluding carboxylic acids is 1. The van der Waals surface area contributed by atoms with Crippen molar-refractivity contribution in [2.45, 2.75) is 20.8 Å². The summed E-state index contributed by atoms with van der Waals surface area (Å²) in [4.78, 5) is 12.1. The number of rotatable bonds is 6. The van der Waals surface area contributed by atoms with Crippen molar-refractivity contribution in [3.8, 4) is 17.2 Å². The van der Waals surface area contributed by atoms with Crippen LogP contribution in [0.25, 0.3) is 0 Å². The van der Waals surface area contributed by atoms with E-state index in [1.54, 1.807) is 24.3 Å². The summed E-state index contributed by atoms with van der Waals surface area (Å²) >= 11 is 0. The van der Waals surface area contributed by atoms with Crippen molar-refractivity contribution in [2.24, 2.45) is 0 Å². The molecule has 3 aromatic carbocycles. The molecule has 0 heterocycles. The number of nitrogens with one attached hydrogen (secondary N) is 2. The summed E-state index contributed by atoms with van der Waals surface area (Å²) in [5.74, 6) is 2.27. The highest BCUT2D eigenvalue weighted by Gasteiger charge is 2.07. The molecule has 2 N–H and O–H groups in total. The van der Waals surface area contributed by atoms with Gasteiger partial charge in [0.1, 0.15) is 17.2 Å². The maximum absolute atomic E-state index is 12.1. The predicted molar refractivity (Wildman–Crippen MR) is 111 cm³/mol. The number of anilines is 1. The number of ether oxygens (including phenoxy) is 2. The normalized spacial score (nSPS) is 10.2. The molecule has 28 heavy (non-hydrogen) atoms. The average Bonchev–Trinajstić information content (AvgIpc) is 2.70. The van der Waals surface area contributed by atoms with E-state index < -0.39 is 0 Å². The molecule has 0 unspecified atom stereocenters. The number of amides is 2. The Labute approximate surface area is 165 Å². The van der Waals surface area contributed by atoms with Gasteiger partial charge < -0.3 is 20.1 Å². The average molecular weight is 376 g/mol. The molecule has 0 aliphatic carbocycles. The molecular formula is C23H24N2O3. The Morgan fingerprint density at radius 1 is 0.821 bits per heavy atom. The van der Waals surface area contributed by atoms with Gasteiger partial charge in [-0.05, 0) is 73.9 Å². The topological polar surface area (TPSA) is 59.6 Å². The van der Waals surface area contributed by atoms with Gasteiger partial charge in [0, 0.05) is 5.69 Å². The number of para-hydroxylation sites is 1. The SMILES string of the molecule is Cc1ccc(C)c(OCNC(=O)Nc2ccc(Oc3ccccc3)cc2)c1C. The lowest BCUT2D eigenvalue weighted by Crippen LogP contribution is -2.32. The highest BCUT2D eigenvalue weighted by Crippen LogP contribution is 2.25. The molecule has 0 bridgehead atoms. The van der Waals surface area contributed by atoms with Crippen LogP contribution in [0.2, 0.25) is 0 Å². The minimum atomic E-state index is -0.334. The molecule has 0 aliphatic rings. The zero-order valence-corrected chi connectivity index (χ0v) is 16.3. The van der Waals surface area contributed by atoms with Gasteiger partial charge in [-0.1, -0.05) is 30.3 Å². The second kappa shape index (κ2) is 8.95. The molecule has 5 nitrogen and oxygen atoms in total. The first-order valence-electron chi connectivity index (χ1n) is 9.10. The lowest BCUT2D eigenvalue weighted by Gasteiger charge is -2.15. The first-order valence-corrected chi connectivity index (χ1v) is 9.10. The molecule has 0 saturated carbocycles. The van der Waals surface area contributed by atoms with Crippen molar-refractivity contribution in [1.82, 2.24) is 5.32 Å². The van der Waals surface area contributed by atoms with Crippen LogP contribution < -0.4 is 20.1 Å². The second-order valence-corrected chi connectivity index (χ2v) is 6.51. The Morgan fingerprint density at radius 3 is 2.18 bits per heavy atom. The van der Waals surface area contributed by atoms with Crippen molar-refractivity contribution in [1.29, 1.82) is 0 Å². The Kier molecular flexibility index (Phi) is 6.17. The lowest BCUT2D eigenvalue weighted by atomic mass is 10.1. The molecular weight excluding hydrogens is 352 g/mol. The van der Waals surface area contributed by atoms with Crippen LogP contribution >= 0.6 is 0 Å². The van der Waals surface area contributed by atoms with Gasteiger partial charge in [0.2, 0.25) is 0 Å². The molecule has 0 atom stereocenters. The maximum atomic E-state index is 12.1. The largest absolute Gasteiger partial charge is 0.473 e. The zero-order chi connectivity index (χ0) is 19.9. The van der Waals surface area contributed by atoms with Crippen LogP contribution in [0.15, 0.2) is 66.7 Å². The first kappa shape index (κ1) is 19.3. The van der Waals surface area contributed by atoms with Crippen LogP contribution in [0, 0.1) is 20.8 Å². The van der Waals surface area contributed by atoms with Crippen LogP contribution in [0.3, 0.4) is 0 Å². The van der Waals surface area contributed by atoms with Crippen molar-refractivity contribution >= 4 is 11.7 Å². The Bertz CT molecular complexity index is 938. The second-order valence-electron chi connectivity index (χ2n) is 6.51. The number of hydrogen-bond donors (Lipinski definition) is 2. The molecule has 144 valence electrons. The summed E-state index contributed by atoms with van der Waals surface area (Å²) in [7, 11) is 0. The highest BCUT2D eigenvalue weighted by atomic mass is 16.5. The van der Waals surface area contributed by atoms with Crippen LogP contribution in [0.1, 0.15) is 16.7 Å². The smallest absolute Gasteiger partial charge is 0.321 e. The van der Waals surface area contributed by atoms with Gasteiger partial charge >= 0.3 is 6.03 Å². The molecule has 0 fully saturated rings. The molecule has 0 saturated heterocycles. The summed E-state index contributed by atoms with van der Waals surface area (Å²) in [6, 6.07) is 20.4. The maximum Gasteiger partial charge on any atom is 0.321 e. The minimum absolute atomic E-state index is 0.0895. The van der Waals surface area contributed by atoms with Crippen LogP contribution in [0.5, 0.6) is 17.2 Å². The van der Waals surface area contributed by atoms with Gasteiger partial charge in [-0.3, -0.25) is 0 Å². The summed E-state index contributed by atoms with van der Waals surface area (Å²) in [6.07, 6.45) is 0. The van der Waals surface area contributed by atoms with E-state index in [9.17, 15) is 4.79 Å². The van der Waals surface area contributed by atoms with Crippen molar-refractivity contribution < 1.29 is 14.3 Å². The van der Waals surface area contributed by atoms with Gasteiger partial charge in [-0.2, -0.15) is 0 Å². The van der Waals surface area contributed by atoms with E-state index in [1.165, 1.54) is 0 Å². The number of benzene rings is 3. The number of hydrogen-bond acceptors (Lipinski definition) is 3. The lowest BCUT2D eigenvalue weighted by molar-refractivity contribution is 0.234. The van der Waals surface area contributed by atoms with Crippen LogP contribution in [-0.4, -0.2) is 12.8 Å². The van der Waals surface area contributed by atoms with Crippen LogP contribution in [-0.2, 0) is 0 Å². The molecule has 2 amide bonds. The van der Waals surface area contributed by atoms with Gasteiger partial charge in [-0.25, -0.2) is 4.79 Å². The van der Waals surface area contributed by atoms with E-state index in [0.29, 0.717) is 11.4 Å². The first-order chi connectivity index (χ1) is 13.5. The molecule has 0 radical (unpaired) electrons. The standard InChI is InChI=1S/C23H24N2O3/c1-16-9-10-17(2)22(18(16)3)27-15-24-23(26)25-19-11-13-21(14-12-19)28-20-7-5-4-6-8-20/h4-14H,15H2,1-3H3,(H2,24,25,26). The number of carbonyl (C=O) groups is 1. The molecule has 5 heteroatoms. The van der Waals surface area contributed by atoms with Crippen molar-refractivity contribution in [3.05, 3.63) is 83.4 Å². The third-order valence-corrected chi connectivity index (χ3v) is 4.41. The summed E-state index contributed by atoms with van der Waals surface area (Å²) in [5.41, 5.74) is 3.94. The van der Waals surface area contributed by atoms with Gasteiger partial charge in [-0.15, -0.1) is 0 Å². The zero-order valence-electron chi connectivity index (χ0n) is 16.3.